The minimum atomic E-state index is -0.163. The first kappa shape index (κ1) is 13.6. The van der Waals surface area contributed by atoms with Crippen molar-refractivity contribution in [2.45, 2.75) is 46.1 Å². The summed E-state index contributed by atoms with van der Waals surface area (Å²) in [7, 11) is 0. The average molecular weight is 234 g/mol. The van der Waals surface area contributed by atoms with E-state index in [1.54, 1.807) is 0 Å². The Balaban J connectivity index is 2.66. The van der Waals surface area contributed by atoms with Gasteiger partial charge in [-0.25, -0.2) is 4.79 Å². The first-order chi connectivity index (χ1) is 7.79. The van der Waals surface area contributed by atoms with Gasteiger partial charge in [0.2, 0.25) is 0 Å². The van der Waals surface area contributed by atoms with Crippen molar-refractivity contribution in [1.82, 2.24) is 5.32 Å². The van der Waals surface area contributed by atoms with Gasteiger partial charge < -0.3 is 10.6 Å². The van der Waals surface area contributed by atoms with Crippen LogP contribution >= 0.6 is 0 Å². The predicted molar refractivity (Wildman–Crippen MR) is 72.4 cm³/mol. The number of benzene rings is 1. The van der Waals surface area contributed by atoms with Crippen LogP contribution in [-0.2, 0) is 5.41 Å². The zero-order valence-corrected chi connectivity index (χ0v) is 11.3. The molecular weight excluding hydrogens is 212 g/mol. The molecule has 3 nitrogen and oxygen atoms in total. The molecule has 0 aliphatic rings. The Morgan fingerprint density at radius 3 is 2.06 bits per heavy atom. The predicted octanol–water partition coefficient (Wildman–Crippen LogP) is 3.51. The number of rotatable bonds is 2. The number of hydrogen-bond acceptors (Lipinski definition) is 1. The van der Waals surface area contributed by atoms with Crippen LogP contribution in [-0.4, -0.2) is 12.1 Å². The Morgan fingerprint density at radius 1 is 1.12 bits per heavy atom. The summed E-state index contributed by atoms with van der Waals surface area (Å²) in [6.07, 6.45) is 0. The number of hydrogen-bond donors (Lipinski definition) is 2. The van der Waals surface area contributed by atoms with Gasteiger partial charge in [0.1, 0.15) is 0 Å². The first-order valence-corrected chi connectivity index (χ1v) is 5.97. The van der Waals surface area contributed by atoms with Crippen molar-refractivity contribution >= 4 is 11.7 Å². The van der Waals surface area contributed by atoms with Crippen molar-refractivity contribution in [3.63, 3.8) is 0 Å². The van der Waals surface area contributed by atoms with Crippen molar-refractivity contribution in [2.75, 3.05) is 5.32 Å². The molecule has 0 aromatic heterocycles. The zero-order valence-electron chi connectivity index (χ0n) is 11.3. The highest BCUT2D eigenvalue weighted by atomic mass is 16.2. The van der Waals surface area contributed by atoms with Crippen LogP contribution in [0.5, 0.6) is 0 Å². The molecule has 1 rings (SSSR count). The van der Waals surface area contributed by atoms with E-state index in [2.05, 4.69) is 31.4 Å². The number of amides is 2. The highest BCUT2D eigenvalue weighted by Gasteiger charge is 2.13. The van der Waals surface area contributed by atoms with Crippen molar-refractivity contribution in [3.8, 4) is 0 Å². The molecule has 0 aliphatic carbocycles. The fourth-order valence-corrected chi connectivity index (χ4v) is 1.48. The van der Waals surface area contributed by atoms with E-state index in [0.717, 1.165) is 5.69 Å². The second-order valence-corrected chi connectivity index (χ2v) is 5.58. The number of urea groups is 1. The second kappa shape index (κ2) is 5.21. The third kappa shape index (κ3) is 4.47. The lowest BCUT2D eigenvalue weighted by Crippen LogP contribution is -2.34. The molecule has 0 saturated heterocycles. The summed E-state index contributed by atoms with van der Waals surface area (Å²) < 4.78 is 0. The topological polar surface area (TPSA) is 41.1 Å². The van der Waals surface area contributed by atoms with E-state index >= 15 is 0 Å². The molecular formula is C14H22N2O. The normalized spacial score (nSPS) is 11.4. The van der Waals surface area contributed by atoms with Gasteiger partial charge in [0.15, 0.2) is 0 Å². The van der Waals surface area contributed by atoms with E-state index in [9.17, 15) is 4.79 Å². The van der Waals surface area contributed by atoms with Gasteiger partial charge in [-0.2, -0.15) is 0 Å². The van der Waals surface area contributed by atoms with Gasteiger partial charge in [-0.1, -0.05) is 32.9 Å². The quantitative estimate of drug-likeness (QED) is 0.807. The summed E-state index contributed by atoms with van der Waals surface area (Å²) in [6, 6.07) is 7.93. The lowest BCUT2D eigenvalue weighted by molar-refractivity contribution is 0.250. The van der Waals surface area contributed by atoms with E-state index in [0.29, 0.717) is 0 Å². The van der Waals surface area contributed by atoms with E-state index in [4.69, 9.17) is 0 Å². The Morgan fingerprint density at radius 2 is 1.65 bits per heavy atom. The van der Waals surface area contributed by atoms with Crippen molar-refractivity contribution in [2.24, 2.45) is 0 Å². The zero-order chi connectivity index (χ0) is 13.1. The van der Waals surface area contributed by atoms with Gasteiger partial charge in [-0.3, -0.25) is 0 Å². The highest BCUT2D eigenvalue weighted by Crippen LogP contribution is 2.23. The minimum Gasteiger partial charge on any atom is -0.336 e. The fraction of sp³-hybridized carbons (Fsp3) is 0.500. The molecule has 0 spiro atoms. The van der Waals surface area contributed by atoms with Crippen LogP contribution in [0.2, 0.25) is 0 Å². The fourth-order valence-electron chi connectivity index (χ4n) is 1.48. The van der Waals surface area contributed by atoms with Gasteiger partial charge >= 0.3 is 6.03 Å². The Bertz CT molecular complexity index is 374. The summed E-state index contributed by atoms with van der Waals surface area (Å²) in [4.78, 5) is 11.5. The summed E-state index contributed by atoms with van der Waals surface area (Å²) in [5.41, 5.74) is 2.21. The lowest BCUT2D eigenvalue weighted by Gasteiger charge is -2.19. The van der Waals surface area contributed by atoms with Crippen LogP contribution in [0.1, 0.15) is 40.2 Å². The van der Waals surface area contributed by atoms with Crippen LogP contribution in [0.25, 0.3) is 0 Å². The molecule has 0 atom stereocenters. The summed E-state index contributed by atoms with van der Waals surface area (Å²) in [5, 5.41) is 5.59. The minimum absolute atomic E-state index is 0.138. The lowest BCUT2D eigenvalue weighted by atomic mass is 9.87. The van der Waals surface area contributed by atoms with E-state index in [1.807, 2.05) is 38.1 Å². The molecule has 0 unspecified atom stereocenters. The van der Waals surface area contributed by atoms with Crippen LogP contribution in [0, 0.1) is 0 Å². The van der Waals surface area contributed by atoms with E-state index < -0.39 is 0 Å². The molecule has 0 bridgehead atoms. The Kier molecular flexibility index (Phi) is 4.16. The third-order valence-electron chi connectivity index (χ3n) is 2.43. The molecule has 94 valence electrons. The van der Waals surface area contributed by atoms with Crippen LogP contribution in [0.4, 0.5) is 10.5 Å². The number of carbonyl (C=O) groups excluding carboxylic acids is 1. The first-order valence-electron chi connectivity index (χ1n) is 5.97. The molecule has 1 aromatic rings. The van der Waals surface area contributed by atoms with Gasteiger partial charge in [-0.05, 0) is 37.0 Å². The second-order valence-electron chi connectivity index (χ2n) is 5.58. The largest absolute Gasteiger partial charge is 0.336 e. The molecule has 17 heavy (non-hydrogen) atoms. The molecule has 2 amide bonds. The van der Waals surface area contributed by atoms with Crippen LogP contribution in [0.15, 0.2) is 24.3 Å². The average Bonchev–Trinajstić information content (AvgIpc) is 2.15. The maximum Gasteiger partial charge on any atom is 0.319 e. The SMILES string of the molecule is CC(C)NC(=O)Nc1ccc(C(C)(C)C)cc1. The summed E-state index contributed by atoms with van der Waals surface area (Å²) in [5.74, 6) is 0. The molecule has 1 aromatic carbocycles. The van der Waals surface area contributed by atoms with Crippen molar-refractivity contribution < 1.29 is 4.79 Å². The summed E-state index contributed by atoms with van der Waals surface area (Å²) in [6.45, 7) is 10.4. The molecule has 2 N–H and O–H groups in total. The molecule has 0 heterocycles. The smallest absolute Gasteiger partial charge is 0.319 e. The van der Waals surface area contributed by atoms with Gasteiger partial charge in [0.05, 0.1) is 0 Å². The molecule has 0 aliphatic heterocycles. The van der Waals surface area contributed by atoms with Crippen LogP contribution < -0.4 is 10.6 Å². The standard InChI is InChI=1S/C14H22N2O/c1-10(2)15-13(17)16-12-8-6-11(7-9-12)14(3,4)5/h6-10H,1-5H3,(H2,15,16,17). The Labute approximate surface area is 104 Å². The number of carbonyl (C=O) groups is 1. The van der Waals surface area contributed by atoms with Crippen molar-refractivity contribution in [3.05, 3.63) is 29.8 Å². The van der Waals surface area contributed by atoms with Gasteiger partial charge in [-0.15, -0.1) is 0 Å². The number of anilines is 1. The molecule has 3 heteroatoms. The van der Waals surface area contributed by atoms with Crippen LogP contribution in [0.3, 0.4) is 0 Å². The van der Waals surface area contributed by atoms with E-state index in [-0.39, 0.29) is 17.5 Å². The van der Waals surface area contributed by atoms with E-state index in [1.165, 1.54) is 5.56 Å². The molecule has 0 fully saturated rings. The monoisotopic (exact) mass is 234 g/mol. The summed E-state index contributed by atoms with van der Waals surface area (Å²) >= 11 is 0. The van der Waals surface area contributed by atoms with Gasteiger partial charge in [0.25, 0.3) is 0 Å². The van der Waals surface area contributed by atoms with Gasteiger partial charge in [0, 0.05) is 11.7 Å². The maximum atomic E-state index is 11.5. The molecule has 0 radical (unpaired) electrons. The van der Waals surface area contributed by atoms with Crippen molar-refractivity contribution in [1.29, 1.82) is 0 Å². The Hall–Kier alpha value is -1.51. The maximum absolute atomic E-state index is 11.5. The highest BCUT2D eigenvalue weighted by molar-refractivity contribution is 5.89. The third-order valence-corrected chi connectivity index (χ3v) is 2.43. The molecule has 0 saturated carbocycles. The number of nitrogens with one attached hydrogen (secondary N) is 2.